The van der Waals surface area contributed by atoms with Gasteiger partial charge in [0.05, 0.1) is 19.3 Å². The average Bonchev–Trinajstić information content (AvgIpc) is 2.68. The summed E-state index contributed by atoms with van der Waals surface area (Å²) in [5.41, 5.74) is 1.70. The van der Waals surface area contributed by atoms with Gasteiger partial charge in [0.1, 0.15) is 24.2 Å². The Bertz CT molecular complexity index is 778. The summed E-state index contributed by atoms with van der Waals surface area (Å²) in [6.07, 6.45) is 5.07. The third-order valence-corrected chi connectivity index (χ3v) is 6.58. The fraction of sp³-hybridized carbons (Fsp3) is 0.478. The summed E-state index contributed by atoms with van der Waals surface area (Å²) >= 11 is 0. The molecule has 1 heterocycles. The van der Waals surface area contributed by atoms with Crippen molar-refractivity contribution in [1.29, 1.82) is 0 Å². The van der Waals surface area contributed by atoms with Gasteiger partial charge in [0, 0.05) is 23.5 Å². The van der Waals surface area contributed by atoms with E-state index in [0.717, 1.165) is 50.1 Å². The number of ether oxygens (including phenoxy) is 1. The number of piperidine rings is 1. The van der Waals surface area contributed by atoms with Gasteiger partial charge in [-0.2, -0.15) is 0 Å². The molecule has 0 radical (unpaired) electrons. The minimum Gasteiger partial charge on any atom is -0.497 e. The van der Waals surface area contributed by atoms with Crippen LogP contribution in [0.3, 0.4) is 0 Å². The van der Waals surface area contributed by atoms with E-state index in [-0.39, 0.29) is 17.8 Å². The van der Waals surface area contributed by atoms with Crippen molar-refractivity contribution in [3.05, 3.63) is 65.5 Å². The Labute approximate surface area is 160 Å². The van der Waals surface area contributed by atoms with Gasteiger partial charge in [0.2, 0.25) is 0 Å². The van der Waals surface area contributed by atoms with Crippen LogP contribution in [0.1, 0.15) is 49.3 Å². The summed E-state index contributed by atoms with van der Waals surface area (Å²) in [6.45, 7) is 1.68. The van der Waals surface area contributed by atoms with Gasteiger partial charge in [-0.3, -0.25) is 0 Å². The van der Waals surface area contributed by atoms with E-state index in [1.807, 2.05) is 18.2 Å². The first kappa shape index (κ1) is 18.5. The first-order chi connectivity index (χ1) is 13.1. The number of hydrogen-bond acceptors (Lipinski definition) is 2. The van der Waals surface area contributed by atoms with Crippen molar-refractivity contribution in [3.8, 4) is 5.75 Å². The van der Waals surface area contributed by atoms with Crippen molar-refractivity contribution in [2.24, 2.45) is 5.92 Å². The lowest BCUT2D eigenvalue weighted by Crippen LogP contribution is -3.13. The zero-order chi connectivity index (χ0) is 18.9. The summed E-state index contributed by atoms with van der Waals surface area (Å²) in [7, 11) is 1.68. The van der Waals surface area contributed by atoms with E-state index >= 15 is 0 Å². The van der Waals surface area contributed by atoms with Crippen LogP contribution in [-0.2, 0) is 6.54 Å². The second-order valence-electron chi connectivity index (χ2n) is 8.17. The molecule has 1 unspecified atom stereocenters. The summed E-state index contributed by atoms with van der Waals surface area (Å²) in [4.78, 5) is 1.42. The predicted molar refractivity (Wildman–Crippen MR) is 103 cm³/mol. The Kier molecular flexibility index (Phi) is 5.20. The Morgan fingerprint density at radius 1 is 1.15 bits per heavy atom. The van der Waals surface area contributed by atoms with E-state index in [1.54, 1.807) is 19.2 Å². The number of benzene rings is 2. The fourth-order valence-corrected chi connectivity index (χ4v) is 5.24. The first-order valence-electron chi connectivity index (χ1n) is 10.0. The zero-order valence-electron chi connectivity index (χ0n) is 16.0. The second kappa shape index (κ2) is 7.61. The Morgan fingerprint density at radius 2 is 1.96 bits per heavy atom. The number of halogens is 1. The van der Waals surface area contributed by atoms with Gasteiger partial charge in [0.15, 0.2) is 0 Å². The largest absolute Gasteiger partial charge is 0.497 e. The van der Waals surface area contributed by atoms with Crippen molar-refractivity contribution in [2.75, 3.05) is 13.7 Å². The molecule has 0 aromatic heterocycles. The smallest absolute Gasteiger partial charge is 0.123 e. The molecule has 3 nitrogen and oxygen atoms in total. The standard InChI is InChI=1S/C23H28FNO2/c1-27-20-10-8-18(9-11-20)22-21-7-2-3-12-23(21,26)13-14-25(22)16-17-5-4-6-19(24)15-17/h4-6,8-11,15,21-22,26H,2-3,7,12-14,16H2,1H3/p+1/t21-,22+,23-/m1/s1. The molecule has 2 fully saturated rings. The van der Waals surface area contributed by atoms with Gasteiger partial charge in [-0.25, -0.2) is 4.39 Å². The molecule has 144 valence electrons. The van der Waals surface area contributed by atoms with Crippen LogP contribution in [0.25, 0.3) is 0 Å². The van der Waals surface area contributed by atoms with Crippen molar-refractivity contribution >= 4 is 0 Å². The van der Waals surface area contributed by atoms with E-state index in [4.69, 9.17) is 4.74 Å². The monoisotopic (exact) mass is 370 g/mol. The van der Waals surface area contributed by atoms with E-state index in [1.165, 1.54) is 23.0 Å². The number of rotatable bonds is 4. The maximum Gasteiger partial charge on any atom is 0.123 e. The molecule has 4 heteroatoms. The van der Waals surface area contributed by atoms with Gasteiger partial charge < -0.3 is 14.7 Å². The molecule has 1 saturated heterocycles. The van der Waals surface area contributed by atoms with E-state index in [0.29, 0.717) is 0 Å². The van der Waals surface area contributed by atoms with Crippen molar-refractivity contribution < 1.29 is 19.1 Å². The Hall–Kier alpha value is -1.91. The number of likely N-dealkylation sites (tertiary alicyclic amines) is 1. The molecule has 2 aromatic carbocycles. The number of aliphatic hydroxyl groups is 1. The highest BCUT2D eigenvalue weighted by atomic mass is 19.1. The number of hydrogen-bond donors (Lipinski definition) is 2. The number of methoxy groups -OCH3 is 1. The minimum absolute atomic E-state index is 0.181. The normalized spacial score (nSPS) is 30.6. The molecule has 0 spiro atoms. The molecule has 4 atom stereocenters. The lowest BCUT2D eigenvalue weighted by molar-refractivity contribution is -0.958. The molecule has 2 N–H and O–H groups in total. The summed E-state index contributed by atoms with van der Waals surface area (Å²) in [6, 6.07) is 15.4. The number of quaternary nitrogens is 1. The third kappa shape index (κ3) is 3.74. The summed E-state index contributed by atoms with van der Waals surface area (Å²) in [5.74, 6) is 0.913. The quantitative estimate of drug-likeness (QED) is 0.866. The molecule has 1 aliphatic heterocycles. The molecule has 1 aliphatic carbocycles. The van der Waals surface area contributed by atoms with Crippen LogP contribution in [0.15, 0.2) is 48.5 Å². The van der Waals surface area contributed by atoms with Crippen LogP contribution in [0.4, 0.5) is 4.39 Å². The molecule has 1 saturated carbocycles. The second-order valence-corrected chi connectivity index (χ2v) is 8.17. The highest BCUT2D eigenvalue weighted by molar-refractivity contribution is 5.29. The van der Waals surface area contributed by atoms with Crippen molar-refractivity contribution in [1.82, 2.24) is 0 Å². The van der Waals surface area contributed by atoms with Gasteiger partial charge in [0.25, 0.3) is 0 Å². The van der Waals surface area contributed by atoms with Crippen LogP contribution in [0.2, 0.25) is 0 Å². The molecule has 0 amide bonds. The topological polar surface area (TPSA) is 33.9 Å². The van der Waals surface area contributed by atoms with Crippen molar-refractivity contribution in [2.45, 2.75) is 50.3 Å². The van der Waals surface area contributed by atoms with E-state index < -0.39 is 5.60 Å². The van der Waals surface area contributed by atoms with E-state index in [2.05, 4.69) is 12.1 Å². The van der Waals surface area contributed by atoms with Crippen LogP contribution in [0, 0.1) is 11.7 Å². The predicted octanol–water partition coefficient (Wildman–Crippen LogP) is 3.29. The maximum absolute atomic E-state index is 13.7. The summed E-state index contributed by atoms with van der Waals surface area (Å²) < 4.78 is 19.0. The van der Waals surface area contributed by atoms with E-state index in [9.17, 15) is 9.50 Å². The molecule has 2 aliphatic rings. The zero-order valence-corrected chi connectivity index (χ0v) is 16.0. The highest BCUT2D eigenvalue weighted by Crippen LogP contribution is 2.44. The third-order valence-electron chi connectivity index (χ3n) is 6.58. The van der Waals surface area contributed by atoms with Crippen LogP contribution in [-0.4, -0.2) is 24.4 Å². The summed E-state index contributed by atoms with van der Waals surface area (Å²) in [5, 5.41) is 11.4. The minimum atomic E-state index is -0.561. The Morgan fingerprint density at radius 3 is 2.70 bits per heavy atom. The molecular formula is C23H29FNO2+. The molecular weight excluding hydrogens is 341 g/mol. The molecule has 4 rings (SSSR count). The maximum atomic E-state index is 13.7. The molecule has 27 heavy (non-hydrogen) atoms. The fourth-order valence-electron chi connectivity index (χ4n) is 5.24. The first-order valence-corrected chi connectivity index (χ1v) is 10.0. The molecule has 2 aromatic rings. The van der Waals surface area contributed by atoms with Crippen LogP contribution < -0.4 is 9.64 Å². The van der Waals surface area contributed by atoms with Gasteiger partial charge in [-0.1, -0.05) is 25.0 Å². The van der Waals surface area contributed by atoms with Gasteiger partial charge >= 0.3 is 0 Å². The lowest BCUT2D eigenvalue weighted by Gasteiger charge is -2.50. The SMILES string of the molecule is COc1ccc([C@H]2[C@H]3CCCC[C@@]3(O)CC[NH+]2Cc2cccc(F)c2)cc1. The van der Waals surface area contributed by atoms with Crippen molar-refractivity contribution in [3.63, 3.8) is 0 Å². The number of fused-ring (bicyclic) bond motifs is 1. The van der Waals surface area contributed by atoms with Crippen LogP contribution >= 0.6 is 0 Å². The van der Waals surface area contributed by atoms with Crippen LogP contribution in [0.5, 0.6) is 5.75 Å². The Balaban J connectivity index is 1.67. The van der Waals surface area contributed by atoms with Gasteiger partial charge in [-0.15, -0.1) is 0 Å². The highest BCUT2D eigenvalue weighted by Gasteiger charge is 2.51. The van der Waals surface area contributed by atoms with Gasteiger partial charge in [-0.05, 0) is 49.2 Å². The lowest BCUT2D eigenvalue weighted by atomic mass is 9.66. The average molecular weight is 370 g/mol. The molecule has 0 bridgehead atoms. The number of nitrogens with one attached hydrogen (secondary N) is 1.